The number of aromatic nitrogens is 2. The van der Waals surface area contributed by atoms with Gasteiger partial charge in [0, 0.05) is 22.4 Å². The van der Waals surface area contributed by atoms with E-state index in [0.717, 1.165) is 10.8 Å². The highest BCUT2D eigenvalue weighted by molar-refractivity contribution is 6.19. The molecule has 1 N–H and O–H groups in total. The number of hydrogen-bond donors (Lipinski definition) is 1. The number of nitrogens with one attached hydrogen (secondary N) is 1. The summed E-state index contributed by atoms with van der Waals surface area (Å²) in [5.74, 6) is 1.73. The summed E-state index contributed by atoms with van der Waals surface area (Å²) in [4.78, 5) is 30.6. The summed E-state index contributed by atoms with van der Waals surface area (Å²) >= 11 is 0. The third-order valence-corrected chi connectivity index (χ3v) is 6.27. The van der Waals surface area contributed by atoms with Crippen LogP contribution < -0.4 is 25.1 Å². The molecule has 0 saturated heterocycles. The lowest BCUT2D eigenvalue weighted by Gasteiger charge is -2.12. The molecule has 180 valence electrons. The van der Waals surface area contributed by atoms with Gasteiger partial charge in [0.1, 0.15) is 11.5 Å². The Bertz CT molecular complexity index is 1810. The van der Waals surface area contributed by atoms with Crippen molar-refractivity contribution in [3.63, 3.8) is 0 Å². The van der Waals surface area contributed by atoms with Gasteiger partial charge in [0.25, 0.3) is 11.5 Å². The van der Waals surface area contributed by atoms with Gasteiger partial charge in [0.05, 0.1) is 49.0 Å². The summed E-state index contributed by atoms with van der Waals surface area (Å²) < 4.78 is 23.6. The fourth-order valence-corrected chi connectivity index (χ4v) is 4.69. The van der Waals surface area contributed by atoms with Crippen molar-refractivity contribution in [2.45, 2.75) is 6.54 Å². The van der Waals surface area contributed by atoms with E-state index in [0.29, 0.717) is 50.3 Å². The second kappa shape index (κ2) is 8.46. The van der Waals surface area contributed by atoms with Gasteiger partial charge in [-0.05, 0) is 48.5 Å². The van der Waals surface area contributed by atoms with Crippen molar-refractivity contribution in [1.29, 1.82) is 0 Å². The zero-order chi connectivity index (χ0) is 24.8. The Labute approximate surface area is 204 Å². The molecule has 6 rings (SSSR count). The average Bonchev–Trinajstić information content (AvgIpc) is 3.55. The molecule has 0 unspecified atom stereocenters. The molecule has 9 nitrogen and oxygen atoms in total. The quantitative estimate of drug-likeness (QED) is 0.344. The van der Waals surface area contributed by atoms with Gasteiger partial charge in [0.2, 0.25) is 0 Å². The molecule has 36 heavy (non-hydrogen) atoms. The first-order valence-electron chi connectivity index (χ1n) is 11.3. The molecule has 0 aliphatic heterocycles. The summed E-state index contributed by atoms with van der Waals surface area (Å²) in [6, 6.07) is 14.4. The number of methoxy groups -OCH3 is 2. The monoisotopic (exact) mass is 483 g/mol. The van der Waals surface area contributed by atoms with Crippen molar-refractivity contribution in [1.82, 2.24) is 14.7 Å². The molecule has 4 aromatic heterocycles. The smallest absolute Gasteiger partial charge is 0.267 e. The highest BCUT2D eigenvalue weighted by atomic mass is 16.5. The first-order valence-corrected chi connectivity index (χ1v) is 11.3. The van der Waals surface area contributed by atoms with Crippen LogP contribution in [0.5, 0.6) is 17.2 Å². The summed E-state index contributed by atoms with van der Waals surface area (Å²) in [5, 5.41) is 5.50. The number of rotatable bonds is 7. The minimum atomic E-state index is -0.273. The zero-order valence-electron chi connectivity index (χ0n) is 19.5. The Morgan fingerprint density at radius 3 is 2.72 bits per heavy atom. The third kappa shape index (κ3) is 3.28. The van der Waals surface area contributed by atoms with Gasteiger partial charge in [-0.2, -0.15) is 0 Å². The van der Waals surface area contributed by atoms with Gasteiger partial charge in [-0.25, -0.2) is 0 Å². The van der Waals surface area contributed by atoms with Crippen molar-refractivity contribution >= 4 is 44.0 Å². The SMILES string of the molecule is COc1ccc2c(c1OC)c(=O)n1c3ccc(OCC(=O)NCc4ccco4)cc3c3ccnc2c31. The highest BCUT2D eigenvalue weighted by Crippen LogP contribution is 2.39. The molecule has 4 heterocycles. The molecule has 0 aliphatic carbocycles. The second-order valence-electron chi connectivity index (χ2n) is 8.24. The lowest BCUT2D eigenvalue weighted by molar-refractivity contribution is -0.123. The summed E-state index contributed by atoms with van der Waals surface area (Å²) in [7, 11) is 3.04. The molecule has 0 bridgehead atoms. The predicted molar refractivity (Wildman–Crippen MR) is 134 cm³/mol. The van der Waals surface area contributed by atoms with E-state index < -0.39 is 0 Å². The number of amides is 1. The topological polar surface area (TPSA) is 104 Å². The maximum absolute atomic E-state index is 13.8. The van der Waals surface area contributed by atoms with Crippen molar-refractivity contribution < 1.29 is 23.4 Å². The molecule has 9 heteroatoms. The molecule has 0 saturated carbocycles. The standard InChI is InChI=1S/C27H21N3O6/c1-33-21-8-6-18-23(26(21)34-2)27(32)30-20-7-5-15(12-19(20)17-9-10-28-24(18)25(17)30)36-14-22(31)29-13-16-4-3-11-35-16/h3-12H,13-14H2,1-2H3,(H,29,31). The normalized spacial score (nSPS) is 11.5. The predicted octanol–water partition coefficient (Wildman–Crippen LogP) is 3.90. The first-order chi connectivity index (χ1) is 17.6. The van der Waals surface area contributed by atoms with Gasteiger partial charge in [0.15, 0.2) is 18.1 Å². The Kier molecular flexibility index (Phi) is 5.10. The number of pyridine rings is 2. The molecule has 0 fully saturated rings. The molecule has 2 aromatic carbocycles. The lowest BCUT2D eigenvalue weighted by Crippen LogP contribution is -2.28. The maximum atomic E-state index is 13.8. The second-order valence-corrected chi connectivity index (χ2v) is 8.24. The minimum Gasteiger partial charge on any atom is -0.493 e. The van der Waals surface area contributed by atoms with Crippen LogP contribution in [0, 0.1) is 0 Å². The first kappa shape index (κ1) is 21.7. The van der Waals surface area contributed by atoms with Crippen LogP contribution in [0.2, 0.25) is 0 Å². The van der Waals surface area contributed by atoms with Crippen molar-refractivity contribution in [2.75, 3.05) is 20.8 Å². The van der Waals surface area contributed by atoms with Gasteiger partial charge < -0.3 is 23.9 Å². The van der Waals surface area contributed by atoms with E-state index in [4.69, 9.17) is 18.6 Å². The van der Waals surface area contributed by atoms with Crippen LogP contribution in [-0.2, 0) is 11.3 Å². The van der Waals surface area contributed by atoms with E-state index in [2.05, 4.69) is 10.3 Å². The number of carbonyl (C=O) groups excluding carboxylic acids is 1. The Balaban J connectivity index is 1.44. The van der Waals surface area contributed by atoms with Crippen LogP contribution in [0.25, 0.3) is 38.1 Å². The zero-order valence-corrected chi connectivity index (χ0v) is 19.5. The van der Waals surface area contributed by atoms with Crippen LogP contribution in [0.3, 0.4) is 0 Å². The molecule has 0 spiro atoms. The van der Waals surface area contributed by atoms with E-state index in [1.807, 2.05) is 24.3 Å². The number of hydrogen-bond acceptors (Lipinski definition) is 7. The summed E-state index contributed by atoms with van der Waals surface area (Å²) in [5.41, 5.74) is 1.87. The largest absolute Gasteiger partial charge is 0.493 e. The van der Waals surface area contributed by atoms with E-state index >= 15 is 0 Å². The molecule has 1 amide bonds. The molecule has 0 radical (unpaired) electrons. The molecule has 6 aromatic rings. The van der Waals surface area contributed by atoms with E-state index in [1.54, 1.807) is 41.1 Å². The number of benzene rings is 2. The average molecular weight is 483 g/mol. The number of carbonyl (C=O) groups is 1. The van der Waals surface area contributed by atoms with Gasteiger partial charge in [-0.1, -0.05) is 0 Å². The fraction of sp³-hybridized carbons (Fsp3) is 0.148. The minimum absolute atomic E-state index is 0.154. The van der Waals surface area contributed by atoms with Crippen molar-refractivity contribution in [3.05, 3.63) is 77.1 Å². The molecule has 0 atom stereocenters. The summed E-state index contributed by atoms with van der Waals surface area (Å²) in [6.07, 6.45) is 3.27. The summed E-state index contributed by atoms with van der Waals surface area (Å²) in [6.45, 7) is 0.132. The van der Waals surface area contributed by atoms with Crippen LogP contribution >= 0.6 is 0 Å². The molecular formula is C27H21N3O6. The number of furan rings is 1. The number of ether oxygens (including phenoxy) is 3. The molecular weight excluding hydrogens is 462 g/mol. The van der Waals surface area contributed by atoms with Crippen LogP contribution in [0.1, 0.15) is 5.76 Å². The van der Waals surface area contributed by atoms with Crippen LogP contribution in [0.4, 0.5) is 0 Å². The maximum Gasteiger partial charge on any atom is 0.267 e. The van der Waals surface area contributed by atoms with Gasteiger partial charge in [-0.15, -0.1) is 0 Å². The van der Waals surface area contributed by atoms with E-state index in [1.165, 1.54) is 14.2 Å². The van der Waals surface area contributed by atoms with E-state index in [9.17, 15) is 9.59 Å². The third-order valence-electron chi connectivity index (χ3n) is 6.27. The van der Waals surface area contributed by atoms with Crippen molar-refractivity contribution in [2.24, 2.45) is 0 Å². The highest BCUT2D eigenvalue weighted by Gasteiger charge is 2.22. The van der Waals surface area contributed by atoms with E-state index in [-0.39, 0.29) is 24.6 Å². The number of fused-ring (bicyclic) bond motifs is 5. The lowest BCUT2D eigenvalue weighted by atomic mass is 10.1. The Hall–Kier alpha value is -4.79. The van der Waals surface area contributed by atoms with Crippen LogP contribution in [0.15, 0.2) is 70.2 Å². The van der Waals surface area contributed by atoms with Crippen LogP contribution in [-0.4, -0.2) is 36.1 Å². The Morgan fingerprint density at radius 2 is 1.94 bits per heavy atom. The van der Waals surface area contributed by atoms with Crippen molar-refractivity contribution in [3.8, 4) is 17.2 Å². The van der Waals surface area contributed by atoms with Gasteiger partial charge >= 0.3 is 0 Å². The number of nitrogens with zero attached hydrogens (tertiary/aromatic N) is 2. The Morgan fingerprint density at radius 1 is 1.06 bits per heavy atom. The van der Waals surface area contributed by atoms with Gasteiger partial charge in [-0.3, -0.25) is 19.0 Å². The molecule has 0 aliphatic rings. The fourth-order valence-electron chi connectivity index (χ4n) is 4.69.